The van der Waals surface area contributed by atoms with Gasteiger partial charge in [0.05, 0.1) is 24.9 Å². The molecule has 1 aliphatic rings. The van der Waals surface area contributed by atoms with Gasteiger partial charge in [0.25, 0.3) is 0 Å². The molecular formula is C18H19F3N4O2. The van der Waals surface area contributed by atoms with Crippen molar-refractivity contribution in [3.63, 3.8) is 0 Å². The van der Waals surface area contributed by atoms with Crippen LogP contribution < -0.4 is 4.90 Å². The molecule has 6 nitrogen and oxygen atoms in total. The van der Waals surface area contributed by atoms with E-state index < -0.39 is 23.9 Å². The second-order valence-corrected chi connectivity index (χ2v) is 6.42. The third-order valence-corrected chi connectivity index (χ3v) is 4.45. The molecule has 0 aliphatic carbocycles. The van der Waals surface area contributed by atoms with Crippen molar-refractivity contribution in [2.75, 3.05) is 24.5 Å². The van der Waals surface area contributed by atoms with E-state index in [0.717, 1.165) is 11.8 Å². The van der Waals surface area contributed by atoms with Crippen LogP contribution in [0.2, 0.25) is 0 Å². The fraction of sp³-hybridized carbons (Fsp3) is 0.389. The van der Waals surface area contributed by atoms with Gasteiger partial charge in [0.1, 0.15) is 5.82 Å². The minimum atomic E-state index is -4.56. The fourth-order valence-corrected chi connectivity index (χ4v) is 3.20. The zero-order chi connectivity index (χ0) is 19.4. The van der Waals surface area contributed by atoms with E-state index in [0.29, 0.717) is 32.4 Å². The minimum Gasteiger partial charge on any atom is -0.481 e. The van der Waals surface area contributed by atoms with Crippen LogP contribution in [0.5, 0.6) is 0 Å². The lowest BCUT2D eigenvalue weighted by Gasteiger charge is -2.41. The predicted octanol–water partition coefficient (Wildman–Crippen LogP) is 2.66. The van der Waals surface area contributed by atoms with E-state index >= 15 is 0 Å². The molecule has 144 valence electrons. The first-order valence-corrected chi connectivity index (χ1v) is 8.47. The fourth-order valence-electron chi connectivity index (χ4n) is 3.20. The summed E-state index contributed by atoms with van der Waals surface area (Å²) in [7, 11) is 0. The number of carbonyl (C=O) groups is 1. The largest absolute Gasteiger partial charge is 0.481 e. The summed E-state index contributed by atoms with van der Waals surface area (Å²) in [6, 6.07) is 9.42. The number of aromatic nitrogens is 2. The average molecular weight is 380 g/mol. The number of nitrogens with zero attached hydrogens (tertiary/aromatic N) is 4. The third kappa shape index (κ3) is 4.94. The molecule has 1 N–H and O–H groups in total. The number of piperazine rings is 1. The van der Waals surface area contributed by atoms with Crippen molar-refractivity contribution in [2.24, 2.45) is 0 Å². The van der Waals surface area contributed by atoms with Crippen LogP contribution in [0, 0.1) is 0 Å². The van der Waals surface area contributed by atoms with Crippen molar-refractivity contribution >= 4 is 11.8 Å². The van der Waals surface area contributed by atoms with Gasteiger partial charge in [-0.05, 0) is 5.56 Å². The Hall–Kier alpha value is -2.68. The second kappa shape index (κ2) is 7.91. The quantitative estimate of drug-likeness (QED) is 0.860. The van der Waals surface area contributed by atoms with E-state index in [-0.39, 0.29) is 12.2 Å². The Morgan fingerprint density at radius 3 is 2.48 bits per heavy atom. The molecule has 3 rings (SSSR count). The van der Waals surface area contributed by atoms with Crippen LogP contribution in [-0.2, 0) is 17.5 Å². The first-order chi connectivity index (χ1) is 12.8. The van der Waals surface area contributed by atoms with Crippen LogP contribution >= 0.6 is 0 Å². The molecule has 1 aromatic carbocycles. The Balaban J connectivity index is 1.74. The number of carboxylic acid groups (broad SMARTS) is 1. The van der Waals surface area contributed by atoms with Crippen LogP contribution in [0.15, 0.2) is 42.7 Å². The van der Waals surface area contributed by atoms with E-state index in [1.165, 1.54) is 0 Å². The molecule has 0 spiro atoms. The van der Waals surface area contributed by atoms with Crippen molar-refractivity contribution in [2.45, 2.75) is 25.2 Å². The minimum absolute atomic E-state index is 0.131. The van der Waals surface area contributed by atoms with Crippen LogP contribution in [0.1, 0.15) is 17.7 Å². The number of alkyl halides is 3. The second-order valence-electron chi connectivity index (χ2n) is 6.42. The Labute approximate surface area is 154 Å². The van der Waals surface area contributed by atoms with Gasteiger partial charge in [-0.3, -0.25) is 9.69 Å². The predicted molar refractivity (Wildman–Crippen MR) is 92.1 cm³/mol. The maximum atomic E-state index is 12.7. The number of benzene rings is 1. The Morgan fingerprint density at radius 1 is 1.15 bits per heavy atom. The monoisotopic (exact) mass is 380 g/mol. The summed E-state index contributed by atoms with van der Waals surface area (Å²) in [6.45, 7) is 2.27. The molecule has 2 heterocycles. The first kappa shape index (κ1) is 19.1. The highest BCUT2D eigenvalue weighted by atomic mass is 19.4. The first-order valence-electron chi connectivity index (χ1n) is 8.47. The Morgan fingerprint density at radius 2 is 1.89 bits per heavy atom. The summed E-state index contributed by atoms with van der Waals surface area (Å²) in [5, 5.41) is 9.23. The summed E-state index contributed by atoms with van der Waals surface area (Å²) >= 11 is 0. The number of aliphatic carboxylic acids is 1. The molecule has 0 radical (unpaired) electrons. The standard InChI is InChI=1S/C18H19F3N4O2/c19-18(20,21)15-9-23-16(10-22-15)25-7-6-24(12-14(25)8-17(26)27)11-13-4-2-1-3-5-13/h1-5,9-10,14H,6-8,11-12H2,(H,26,27). The number of anilines is 1. The number of carboxylic acids is 1. The van der Waals surface area contributed by atoms with Crippen molar-refractivity contribution in [3.05, 3.63) is 54.0 Å². The molecule has 1 aliphatic heterocycles. The number of hydrogen-bond donors (Lipinski definition) is 1. The highest BCUT2D eigenvalue weighted by Crippen LogP contribution is 2.28. The van der Waals surface area contributed by atoms with Gasteiger partial charge in [0.15, 0.2) is 5.69 Å². The van der Waals surface area contributed by atoms with Gasteiger partial charge in [-0.2, -0.15) is 13.2 Å². The van der Waals surface area contributed by atoms with Gasteiger partial charge in [0, 0.05) is 26.2 Å². The lowest BCUT2D eigenvalue weighted by Crippen LogP contribution is -2.54. The highest BCUT2D eigenvalue weighted by molar-refractivity contribution is 5.68. The molecule has 1 aromatic heterocycles. The van der Waals surface area contributed by atoms with E-state index in [1.54, 1.807) is 4.90 Å². The van der Waals surface area contributed by atoms with Crippen molar-refractivity contribution in [1.29, 1.82) is 0 Å². The molecule has 2 aromatic rings. The third-order valence-electron chi connectivity index (χ3n) is 4.45. The molecule has 0 saturated carbocycles. The summed E-state index contributed by atoms with van der Waals surface area (Å²) in [6.07, 6.45) is -2.94. The molecule has 0 amide bonds. The smallest absolute Gasteiger partial charge is 0.434 e. The topological polar surface area (TPSA) is 69.6 Å². The molecule has 1 saturated heterocycles. The maximum absolute atomic E-state index is 12.7. The van der Waals surface area contributed by atoms with E-state index in [1.807, 2.05) is 30.3 Å². The van der Waals surface area contributed by atoms with Crippen molar-refractivity contribution < 1.29 is 23.1 Å². The normalized spacial score (nSPS) is 18.5. The molecule has 9 heteroatoms. The molecule has 1 atom stereocenters. The van der Waals surface area contributed by atoms with Gasteiger partial charge in [-0.15, -0.1) is 0 Å². The maximum Gasteiger partial charge on any atom is 0.434 e. The van der Waals surface area contributed by atoms with E-state index in [2.05, 4.69) is 14.9 Å². The summed E-state index contributed by atoms with van der Waals surface area (Å²) < 4.78 is 38.0. The molecule has 0 bridgehead atoms. The van der Waals surface area contributed by atoms with Crippen LogP contribution in [0.25, 0.3) is 0 Å². The van der Waals surface area contributed by atoms with Gasteiger partial charge in [0.2, 0.25) is 0 Å². The average Bonchev–Trinajstić information content (AvgIpc) is 2.62. The van der Waals surface area contributed by atoms with Crippen LogP contribution in [-0.4, -0.2) is 51.6 Å². The van der Waals surface area contributed by atoms with Gasteiger partial charge >= 0.3 is 12.1 Å². The summed E-state index contributed by atoms with van der Waals surface area (Å²) in [5.41, 5.74) is 0.0538. The summed E-state index contributed by atoms with van der Waals surface area (Å²) in [5.74, 6) is -0.708. The summed E-state index contributed by atoms with van der Waals surface area (Å²) in [4.78, 5) is 22.4. The molecule has 1 unspecified atom stereocenters. The number of hydrogen-bond acceptors (Lipinski definition) is 5. The van der Waals surface area contributed by atoms with Crippen molar-refractivity contribution in [3.8, 4) is 0 Å². The van der Waals surface area contributed by atoms with E-state index in [9.17, 15) is 23.1 Å². The van der Waals surface area contributed by atoms with Gasteiger partial charge in [-0.1, -0.05) is 30.3 Å². The zero-order valence-electron chi connectivity index (χ0n) is 14.4. The molecule has 1 fully saturated rings. The lowest BCUT2D eigenvalue weighted by atomic mass is 10.1. The SMILES string of the molecule is O=C(O)CC1CN(Cc2ccccc2)CCN1c1cnc(C(F)(F)F)cn1. The molecular weight excluding hydrogens is 361 g/mol. The highest BCUT2D eigenvalue weighted by Gasteiger charge is 2.34. The Kier molecular flexibility index (Phi) is 5.59. The van der Waals surface area contributed by atoms with E-state index in [4.69, 9.17) is 0 Å². The van der Waals surface area contributed by atoms with Crippen molar-refractivity contribution in [1.82, 2.24) is 14.9 Å². The van der Waals surface area contributed by atoms with Crippen LogP contribution in [0.4, 0.5) is 19.0 Å². The number of halogens is 3. The zero-order valence-corrected chi connectivity index (χ0v) is 14.4. The number of rotatable bonds is 5. The van der Waals surface area contributed by atoms with Crippen LogP contribution in [0.3, 0.4) is 0 Å². The van der Waals surface area contributed by atoms with Gasteiger partial charge in [-0.25, -0.2) is 9.97 Å². The van der Waals surface area contributed by atoms with Gasteiger partial charge < -0.3 is 10.0 Å². The Bertz CT molecular complexity index is 768. The molecule has 27 heavy (non-hydrogen) atoms. The lowest BCUT2D eigenvalue weighted by molar-refractivity contribution is -0.141.